The number of aromatic nitrogens is 1. The van der Waals surface area contributed by atoms with E-state index in [1.807, 2.05) is 0 Å². The van der Waals surface area contributed by atoms with Gasteiger partial charge in [0.05, 0.1) is 11.6 Å². The topological polar surface area (TPSA) is 86.2 Å². The number of ether oxygens (including phenoxy) is 1. The molecule has 0 amide bonds. The average molecular weight is 264 g/mol. The second-order valence-corrected chi connectivity index (χ2v) is 5.29. The highest BCUT2D eigenvalue weighted by Crippen LogP contribution is 2.40. The van der Waals surface area contributed by atoms with Gasteiger partial charge in [0.1, 0.15) is 0 Å². The largest absolute Gasteiger partial charge is 0.398 e. The van der Waals surface area contributed by atoms with Gasteiger partial charge in [0.15, 0.2) is 0 Å². The maximum absolute atomic E-state index is 6.07. The molecule has 19 heavy (non-hydrogen) atoms. The van der Waals surface area contributed by atoms with Crippen molar-refractivity contribution in [2.75, 3.05) is 12.8 Å². The number of nitrogens with one attached hydrogen (secondary N) is 1. The Morgan fingerprint density at radius 3 is 2.53 bits per heavy atom. The van der Waals surface area contributed by atoms with Crippen LogP contribution in [0.5, 0.6) is 0 Å². The van der Waals surface area contributed by atoms with E-state index < -0.39 is 0 Å². The summed E-state index contributed by atoms with van der Waals surface area (Å²) in [6.45, 7) is 0. The van der Waals surface area contributed by atoms with Gasteiger partial charge in [0.2, 0.25) is 0 Å². The molecule has 1 saturated carbocycles. The van der Waals surface area contributed by atoms with Crippen molar-refractivity contribution in [2.24, 2.45) is 5.84 Å². The van der Waals surface area contributed by atoms with Gasteiger partial charge in [-0.3, -0.25) is 10.8 Å². The van der Waals surface area contributed by atoms with Gasteiger partial charge in [-0.15, -0.1) is 0 Å². The highest BCUT2D eigenvalue weighted by atomic mass is 16.5. The smallest absolute Gasteiger partial charge is 0.0886 e. The zero-order valence-electron chi connectivity index (χ0n) is 11.6. The monoisotopic (exact) mass is 264 g/mol. The fourth-order valence-corrected chi connectivity index (χ4v) is 3.12. The summed E-state index contributed by atoms with van der Waals surface area (Å²) in [5.41, 5.74) is 10.3. The maximum atomic E-state index is 6.07. The van der Waals surface area contributed by atoms with Crippen molar-refractivity contribution in [1.82, 2.24) is 10.4 Å². The van der Waals surface area contributed by atoms with E-state index in [9.17, 15) is 0 Å². The lowest BCUT2D eigenvalue weighted by Gasteiger charge is -2.39. The number of hydrazine groups is 1. The minimum Gasteiger partial charge on any atom is -0.398 e. The van der Waals surface area contributed by atoms with E-state index in [2.05, 4.69) is 10.4 Å². The zero-order valence-corrected chi connectivity index (χ0v) is 11.6. The standard InChI is InChI=1S/C14H24N4O/c1-19-14(7-4-2-3-5-8-14)13(18-16)11-10-17-9-6-12(11)15/h6,9-10,13,18H,2-5,7-8,16H2,1H3,(H2,15,17). The average Bonchev–Trinajstić information content (AvgIpc) is 2.68. The third kappa shape index (κ3) is 2.88. The number of pyridine rings is 1. The first-order chi connectivity index (χ1) is 9.23. The van der Waals surface area contributed by atoms with Crippen LogP contribution in [0.25, 0.3) is 0 Å². The van der Waals surface area contributed by atoms with Crippen LogP contribution in [-0.2, 0) is 4.74 Å². The molecule has 5 nitrogen and oxygen atoms in total. The Hall–Kier alpha value is -1.17. The molecule has 0 saturated heterocycles. The molecule has 1 atom stereocenters. The zero-order chi connectivity index (χ0) is 13.7. The van der Waals surface area contributed by atoms with E-state index >= 15 is 0 Å². The summed E-state index contributed by atoms with van der Waals surface area (Å²) >= 11 is 0. The molecular weight excluding hydrogens is 240 g/mol. The Morgan fingerprint density at radius 1 is 1.32 bits per heavy atom. The minimum absolute atomic E-state index is 0.121. The Kier molecular flexibility index (Phi) is 4.74. The molecule has 0 aliphatic heterocycles. The van der Waals surface area contributed by atoms with E-state index in [4.69, 9.17) is 16.3 Å². The maximum Gasteiger partial charge on any atom is 0.0886 e. The summed E-state index contributed by atoms with van der Waals surface area (Å²) in [4.78, 5) is 4.17. The molecule has 1 aliphatic carbocycles. The Balaban J connectivity index is 2.35. The number of rotatable bonds is 4. The number of methoxy groups -OCH3 is 1. The van der Waals surface area contributed by atoms with Gasteiger partial charge < -0.3 is 10.5 Å². The number of anilines is 1. The second-order valence-electron chi connectivity index (χ2n) is 5.29. The van der Waals surface area contributed by atoms with Crippen LogP contribution in [0.3, 0.4) is 0 Å². The SMILES string of the molecule is COC1(C(NN)c2cnccc2N)CCCCCC1. The molecule has 106 valence electrons. The van der Waals surface area contributed by atoms with Crippen molar-refractivity contribution < 1.29 is 4.74 Å². The molecule has 1 aromatic rings. The van der Waals surface area contributed by atoms with Crippen LogP contribution in [0.4, 0.5) is 5.69 Å². The van der Waals surface area contributed by atoms with Crippen molar-refractivity contribution in [3.05, 3.63) is 24.0 Å². The van der Waals surface area contributed by atoms with E-state index in [0.717, 1.165) is 31.2 Å². The highest BCUT2D eigenvalue weighted by molar-refractivity contribution is 5.47. The van der Waals surface area contributed by atoms with Crippen LogP contribution in [0.15, 0.2) is 18.5 Å². The summed E-state index contributed by atoms with van der Waals surface area (Å²) in [7, 11) is 1.77. The molecule has 5 heteroatoms. The summed E-state index contributed by atoms with van der Waals surface area (Å²) < 4.78 is 5.90. The summed E-state index contributed by atoms with van der Waals surface area (Å²) in [5.74, 6) is 5.80. The molecule has 0 spiro atoms. The molecule has 0 radical (unpaired) electrons. The van der Waals surface area contributed by atoms with Gasteiger partial charge in [0, 0.05) is 30.8 Å². The Labute approximate surface area is 114 Å². The molecular formula is C14H24N4O. The first kappa shape index (κ1) is 14.2. The molecule has 2 rings (SSSR count). The van der Waals surface area contributed by atoms with Gasteiger partial charge in [-0.25, -0.2) is 5.43 Å². The first-order valence-corrected chi connectivity index (χ1v) is 6.94. The summed E-state index contributed by atoms with van der Waals surface area (Å²) in [6, 6.07) is 1.68. The Morgan fingerprint density at radius 2 is 2.00 bits per heavy atom. The molecule has 1 aliphatic rings. The second kappa shape index (κ2) is 6.32. The summed E-state index contributed by atoms with van der Waals surface area (Å²) in [5, 5.41) is 0. The van der Waals surface area contributed by atoms with Gasteiger partial charge in [-0.05, 0) is 18.9 Å². The van der Waals surface area contributed by atoms with Gasteiger partial charge in [-0.1, -0.05) is 25.7 Å². The lowest BCUT2D eigenvalue weighted by atomic mass is 9.82. The predicted molar refractivity (Wildman–Crippen MR) is 76.2 cm³/mol. The van der Waals surface area contributed by atoms with Crippen LogP contribution in [0.2, 0.25) is 0 Å². The minimum atomic E-state index is -0.289. The fourth-order valence-electron chi connectivity index (χ4n) is 3.12. The number of nitrogen functional groups attached to an aromatic ring is 1. The van der Waals surface area contributed by atoms with Crippen molar-refractivity contribution >= 4 is 5.69 Å². The number of hydrogen-bond donors (Lipinski definition) is 3. The molecule has 1 fully saturated rings. The van der Waals surface area contributed by atoms with Gasteiger partial charge in [0.25, 0.3) is 0 Å². The Bertz CT molecular complexity index is 402. The normalized spacial score (nSPS) is 20.7. The molecule has 5 N–H and O–H groups in total. The molecule has 0 bridgehead atoms. The van der Waals surface area contributed by atoms with Crippen LogP contribution in [0.1, 0.15) is 50.1 Å². The molecule has 1 heterocycles. The number of nitrogens with zero attached hydrogens (tertiary/aromatic N) is 1. The van der Waals surface area contributed by atoms with Crippen LogP contribution < -0.4 is 17.0 Å². The third-order valence-electron chi connectivity index (χ3n) is 4.25. The van der Waals surface area contributed by atoms with Crippen LogP contribution in [0, 0.1) is 0 Å². The van der Waals surface area contributed by atoms with Gasteiger partial charge in [-0.2, -0.15) is 0 Å². The lowest BCUT2D eigenvalue weighted by Crippen LogP contribution is -2.48. The summed E-state index contributed by atoms with van der Waals surface area (Å²) in [6.07, 6.45) is 10.3. The van der Waals surface area contributed by atoms with Crippen molar-refractivity contribution in [3.8, 4) is 0 Å². The van der Waals surface area contributed by atoms with E-state index in [0.29, 0.717) is 5.69 Å². The van der Waals surface area contributed by atoms with E-state index in [1.165, 1.54) is 12.8 Å². The van der Waals surface area contributed by atoms with Crippen LogP contribution >= 0.6 is 0 Å². The molecule has 0 aromatic carbocycles. The lowest BCUT2D eigenvalue weighted by molar-refractivity contribution is -0.0540. The molecule has 1 unspecified atom stereocenters. The van der Waals surface area contributed by atoms with Crippen LogP contribution in [-0.4, -0.2) is 17.7 Å². The van der Waals surface area contributed by atoms with E-state index in [1.54, 1.807) is 25.6 Å². The molecule has 1 aromatic heterocycles. The number of hydrogen-bond acceptors (Lipinski definition) is 5. The van der Waals surface area contributed by atoms with Gasteiger partial charge >= 0.3 is 0 Å². The fraction of sp³-hybridized carbons (Fsp3) is 0.643. The van der Waals surface area contributed by atoms with Crippen molar-refractivity contribution in [2.45, 2.75) is 50.2 Å². The first-order valence-electron chi connectivity index (χ1n) is 6.94. The van der Waals surface area contributed by atoms with Crippen molar-refractivity contribution in [1.29, 1.82) is 0 Å². The number of nitrogens with two attached hydrogens (primary N) is 2. The van der Waals surface area contributed by atoms with E-state index in [-0.39, 0.29) is 11.6 Å². The third-order valence-corrected chi connectivity index (χ3v) is 4.25. The highest BCUT2D eigenvalue weighted by Gasteiger charge is 2.40. The predicted octanol–water partition coefficient (Wildman–Crippen LogP) is 1.91. The quantitative estimate of drug-likeness (QED) is 0.439. The van der Waals surface area contributed by atoms with Crippen molar-refractivity contribution in [3.63, 3.8) is 0 Å².